The summed E-state index contributed by atoms with van der Waals surface area (Å²) in [4.78, 5) is 10.8. The van der Waals surface area contributed by atoms with Crippen molar-refractivity contribution in [1.29, 1.82) is 0 Å². The Morgan fingerprint density at radius 1 is 1.54 bits per heavy atom. The second kappa shape index (κ2) is 3.63. The molecule has 0 aliphatic heterocycles. The summed E-state index contributed by atoms with van der Waals surface area (Å²) in [6, 6.07) is 0. The first-order valence-electron chi connectivity index (χ1n) is 3.64. The summed E-state index contributed by atoms with van der Waals surface area (Å²) >= 11 is 2.63. The predicted octanol–water partition coefficient (Wildman–Crippen LogP) is 1.80. The normalized spacial score (nSPS) is 11.6. The van der Waals surface area contributed by atoms with Crippen LogP contribution < -0.4 is 0 Å². The van der Waals surface area contributed by atoms with E-state index in [-0.39, 0.29) is 0 Å². The van der Waals surface area contributed by atoms with E-state index >= 15 is 0 Å². The fourth-order valence-corrected chi connectivity index (χ4v) is 2.76. The molecule has 0 aliphatic rings. The molecule has 0 unspecified atom stereocenters. The lowest BCUT2D eigenvalue weighted by molar-refractivity contribution is -0.138. The Kier molecular flexibility index (Phi) is 2.92. The third-order valence-corrected chi connectivity index (χ3v) is 3.44. The molecule has 1 aromatic heterocycles. The number of aromatic nitrogens is 2. The van der Waals surface area contributed by atoms with Crippen LogP contribution in [-0.4, -0.2) is 26.0 Å². The number of hydrogen-bond acceptors (Lipinski definition) is 5. The molecule has 0 amide bonds. The molecule has 0 saturated carbocycles. The maximum absolute atomic E-state index is 10.8. The van der Waals surface area contributed by atoms with Crippen molar-refractivity contribution >= 4 is 29.1 Å². The number of carboxylic acids is 1. The third-order valence-electron chi connectivity index (χ3n) is 1.36. The van der Waals surface area contributed by atoms with E-state index in [1.165, 1.54) is 23.1 Å². The Bertz CT molecular complexity index is 322. The first-order chi connectivity index (χ1) is 5.92. The number of rotatable bonds is 3. The van der Waals surface area contributed by atoms with Gasteiger partial charge in [0, 0.05) is 0 Å². The lowest BCUT2D eigenvalue weighted by atomic mass is 10.2. The number of carbonyl (C=O) groups is 1. The van der Waals surface area contributed by atoms with Crippen LogP contribution in [0.4, 0.5) is 0 Å². The molecule has 0 spiro atoms. The van der Waals surface area contributed by atoms with E-state index in [9.17, 15) is 4.79 Å². The summed E-state index contributed by atoms with van der Waals surface area (Å²) in [5.41, 5.74) is 0. The molecule has 0 bridgehead atoms. The number of nitrogens with zero attached hydrogens (tertiary/aromatic N) is 2. The van der Waals surface area contributed by atoms with E-state index in [2.05, 4.69) is 10.2 Å². The van der Waals surface area contributed by atoms with Crippen molar-refractivity contribution in [3.63, 3.8) is 0 Å². The average molecular weight is 218 g/mol. The molecule has 6 heteroatoms. The van der Waals surface area contributed by atoms with Gasteiger partial charge in [0.25, 0.3) is 0 Å². The summed E-state index contributed by atoms with van der Waals surface area (Å²) in [5.74, 6) is -0.842. The van der Waals surface area contributed by atoms with E-state index in [0.717, 1.165) is 5.01 Å². The molecular formula is C7H10N2O2S2. The SMILES string of the molecule is Cc1nnc(SC(C)(C)C(=O)O)s1. The fraction of sp³-hybridized carbons (Fsp3) is 0.571. The van der Waals surface area contributed by atoms with Crippen LogP contribution in [-0.2, 0) is 4.79 Å². The highest BCUT2D eigenvalue weighted by Gasteiger charge is 2.29. The Hall–Kier alpha value is -0.620. The number of aryl methyl sites for hydroxylation is 1. The van der Waals surface area contributed by atoms with Gasteiger partial charge in [0.15, 0.2) is 4.34 Å². The van der Waals surface area contributed by atoms with Crippen molar-refractivity contribution in [2.75, 3.05) is 0 Å². The Labute approximate surface area is 84.4 Å². The van der Waals surface area contributed by atoms with Crippen LogP contribution in [0.3, 0.4) is 0 Å². The van der Waals surface area contributed by atoms with Crippen molar-refractivity contribution in [2.45, 2.75) is 29.9 Å². The zero-order valence-corrected chi connectivity index (χ0v) is 9.20. The van der Waals surface area contributed by atoms with E-state index < -0.39 is 10.7 Å². The lowest BCUT2D eigenvalue weighted by Gasteiger charge is -2.15. The van der Waals surface area contributed by atoms with Crippen molar-refractivity contribution in [1.82, 2.24) is 10.2 Å². The number of aliphatic carboxylic acids is 1. The van der Waals surface area contributed by atoms with Crippen LogP contribution in [0.2, 0.25) is 0 Å². The highest BCUT2D eigenvalue weighted by molar-refractivity contribution is 8.03. The van der Waals surface area contributed by atoms with Gasteiger partial charge in [-0.25, -0.2) is 0 Å². The number of hydrogen-bond donors (Lipinski definition) is 1. The van der Waals surface area contributed by atoms with E-state index in [1.807, 2.05) is 6.92 Å². The van der Waals surface area contributed by atoms with Crippen LogP contribution in [0.5, 0.6) is 0 Å². The first kappa shape index (κ1) is 10.5. The summed E-state index contributed by atoms with van der Waals surface area (Å²) in [6.45, 7) is 5.14. The molecule has 0 saturated heterocycles. The minimum atomic E-state index is -0.842. The van der Waals surface area contributed by atoms with Crippen LogP contribution in [0, 0.1) is 6.92 Å². The van der Waals surface area contributed by atoms with Gasteiger partial charge in [0.05, 0.1) is 0 Å². The number of carboxylic acid groups (broad SMARTS) is 1. The van der Waals surface area contributed by atoms with Crippen molar-refractivity contribution in [3.05, 3.63) is 5.01 Å². The fourth-order valence-electron chi connectivity index (χ4n) is 0.582. The van der Waals surface area contributed by atoms with Gasteiger partial charge >= 0.3 is 5.97 Å². The van der Waals surface area contributed by atoms with Gasteiger partial charge in [-0.2, -0.15) is 0 Å². The lowest BCUT2D eigenvalue weighted by Crippen LogP contribution is -2.26. The maximum atomic E-state index is 10.8. The zero-order chi connectivity index (χ0) is 10.1. The predicted molar refractivity (Wildman–Crippen MR) is 52.2 cm³/mol. The molecule has 72 valence electrons. The molecule has 13 heavy (non-hydrogen) atoms. The van der Waals surface area contributed by atoms with Crippen molar-refractivity contribution in [2.24, 2.45) is 0 Å². The molecule has 1 heterocycles. The Morgan fingerprint density at radius 3 is 2.54 bits per heavy atom. The minimum absolute atomic E-state index is 0.699. The molecule has 4 nitrogen and oxygen atoms in total. The van der Waals surface area contributed by atoms with Crippen molar-refractivity contribution < 1.29 is 9.90 Å². The van der Waals surface area contributed by atoms with Gasteiger partial charge in [-0.15, -0.1) is 10.2 Å². The Morgan fingerprint density at radius 2 is 2.15 bits per heavy atom. The Balaban J connectivity index is 2.74. The summed E-state index contributed by atoms with van der Waals surface area (Å²) < 4.78 is -0.142. The van der Waals surface area contributed by atoms with Gasteiger partial charge < -0.3 is 5.11 Å². The second-order valence-corrected chi connectivity index (χ2v) is 6.06. The van der Waals surface area contributed by atoms with Crippen LogP contribution >= 0.6 is 23.1 Å². The monoisotopic (exact) mass is 218 g/mol. The molecule has 1 rings (SSSR count). The molecule has 0 radical (unpaired) electrons. The summed E-state index contributed by atoms with van der Waals surface area (Å²) in [5, 5.41) is 17.4. The topological polar surface area (TPSA) is 63.1 Å². The smallest absolute Gasteiger partial charge is 0.319 e. The van der Waals surface area contributed by atoms with E-state index in [4.69, 9.17) is 5.11 Å². The summed E-state index contributed by atoms with van der Waals surface area (Å²) in [6.07, 6.45) is 0. The molecule has 1 aromatic rings. The van der Waals surface area contributed by atoms with Gasteiger partial charge in [-0.3, -0.25) is 4.79 Å². The van der Waals surface area contributed by atoms with E-state index in [0.29, 0.717) is 4.34 Å². The second-order valence-electron chi connectivity index (χ2n) is 3.00. The van der Waals surface area contributed by atoms with Gasteiger partial charge in [0.1, 0.15) is 9.75 Å². The highest BCUT2D eigenvalue weighted by atomic mass is 32.2. The highest BCUT2D eigenvalue weighted by Crippen LogP contribution is 2.34. The van der Waals surface area contributed by atoms with Crippen LogP contribution in [0.15, 0.2) is 4.34 Å². The third kappa shape index (κ3) is 2.67. The van der Waals surface area contributed by atoms with Crippen LogP contribution in [0.1, 0.15) is 18.9 Å². The number of thioether (sulfide) groups is 1. The minimum Gasteiger partial charge on any atom is -0.480 e. The molecular weight excluding hydrogens is 208 g/mol. The van der Waals surface area contributed by atoms with Gasteiger partial charge in [-0.05, 0) is 20.8 Å². The largest absolute Gasteiger partial charge is 0.480 e. The standard InChI is InChI=1S/C7H10N2O2S2/c1-4-8-9-6(12-4)13-7(2,3)5(10)11/h1-3H3,(H,10,11). The average Bonchev–Trinajstić information content (AvgIpc) is 2.34. The molecule has 0 aromatic carbocycles. The molecule has 0 aliphatic carbocycles. The molecule has 0 fully saturated rings. The maximum Gasteiger partial charge on any atom is 0.319 e. The molecule has 0 atom stereocenters. The van der Waals surface area contributed by atoms with Gasteiger partial charge in [0.2, 0.25) is 0 Å². The molecule has 1 N–H and O–H groups in total. The summed E-state index contributed by atoms with van der Waals surface area (Å²) in [7, 11) is 0. The quantitative estimate of drug-likeness (QED) is 0.784. The van der Waals surface area contributed by atoms with E-state index in [1.54, 1.807) is 13.8 Å². The van der Waals surface area contributed by atoms with Crippen molar-refractivity contribution in [3.8, 4) is 0 Å². The zero-order valence-electron chi connectivity index (χ0n) is 7.57. The van der Waals surface area contributed by atoms with Gasteiger partial charge in [-0.1, -0.05) is 23.1 Å². The first-order valence-corrected chi connectivity index (χ1v) is 5.27. The van der Waals surface area contributed by atoms with Crippen LogP contribution in [0.25, 0.3) is 0 Å².